The molecule has 2 aliphatic rings. The summed E-state index contributed by atoms with van der Waals surface area (Å²) in [5, 5.41) is 10.0. The van der Waals surface area contributed by atoms with Crippen LogP contribution in [0.4, 0.5) is 4.79 Å². The van der Waals surface area contributed by atoms with Gasteiger partial charge in [-0.2, -0.15) is 0 Å². The quantitative estimate of drug-likeness (QED) is 0.665. The first-order chi connectivity index (χ1) is 10.1. The monoisotopic (exact) mass is 330 g/mol. The van der Waals surface area contributed by atoms with Crippen LogP contribution in [0.25, 0.3) is 0 Å². The molecule has 1 spiro atoms. The number of aliphatic hydroxyl groups excluding tert-OH is 1. The lowest BCUT2D eigenvalue weighted by Gasteiger charge is -2.46. The summed E-state index contributed by atoms with van der Waals surface area (Å²) in [7, 11) is 0. The fourth-order valence-electron chi connectivity index (χ4n) is 3.22. The van der Waals surface area contributed by atoms with Gasteiger partial charge in [-0.3, -0.25) is 9.10 Å². The van der Waals surface area contributed by atoms with E-state index in [1.54, 1.807) is 20.8 Å². The first-order valence-electron chi connectivity index (χ1n) is 7.84. The van der Waals surface area contributed by atoms with Crippen molar-refractivity contribution in [2.45, 2.75) is 70.1 Å². The zero-order valence-corrected chi connectivity index (χ0v) is 14.4. The van der Waals surface area contributed by atoms with Crippen LogP contribution in [0.1, 0.15) is 52.9 Å². The maximum absolute atomic E-state index is 12.6. The van der Waals surface area contributed by atoms with Crippen LogP contribution in [0, 0.1) is 0 Å². The van der Waals surface area contributed by atoms with E-state index in [1.165, 1.54) is 4.90 Å². The summed E-state index contributed by atoms with van der Waals surface area (Å²) in [6, 6.07) is 0. The van der Waals surface area contributed by atoms with E-state index in [9.17, 15) is 14.7 Å². The van der Waals surface area contributed by atoms with Crippen molar-refractivity contribution in [3.05, 3.63) is 0 Å². The number of likely N-dealkylation sites (tertiary alicyclic amines) is 1. The van der Waals surface area contributed by atoms with E-state index >= 15 is 0 Å². The van der Waals surface area contributed by atoms with Crippen molar-refractivity contribution >= 4 is 24.8 Å². The molecule has 1 N–H and O–H groups in total. The number of ether oxygens (including phenoxy) is 1. The average molecular weight is 330 g/mol. The van der Waals surface area contributed by atoms with Crippen LogP contribution in [-0.2, 0) is 9.53 Å². The third kappa shape index (κ3) is 3.75. The Morgan fingerprint density at radius 2 is 1.91 bits per heavy atom. The number of rotatable bonds is 0. The molecule has 2 aliphatic heterocycles. The van der Waals surface area contributed by atoms with Crippen LogP contribution in [-0.4, -0.2) is 56.6 Å². The lowest BCUT2D eigenvalue weighted by Crippen LogP contribution is -2.60. The van der Waals surface area contributed by atoms with Gasteiger partial charge in [-0.25, -0.2) is 9.69 Å². The molecule has 0 aromatic heterocycles. The molecular formula is C15H26N2O4S. The highest BCUT2D eigenvalue weighted by molar-refractivity contribution is 7.77. The van der Waals surface area contributed by atoms with E-state index in [4.69, 9.17) is 4.74 Å². The molecule has 0 aromatic rings. The largest absolute Gasteiger partial charge is 0.443 e. The van der Waals surface area contributed by atoms with Gasteiger partial charge in [0.1, 0.15) is 11.7 Å². The van der Waals surface area contributed by atoms with Crippen molar-refractivity contribution in [1.82, 2.24) is 9.21 Å². The van der Waals surface area contributed by atoms with Gasteiger partial charge in [0.05, 0.1) is 5.54 Å². The Labute approximate surface area is 137 Å². The van der Waals surface area contributed by atoms with E-state index in [-0.39, 0.29) is 0 Å². The second kappa shape index (κ2) is 6.37. The number of imide groups is 1. The van der Waals surface area contributed by atoms with Gasteiger partial charge in [0, 0.05) is 13.1 Å². The summed E-state index contributed by atoms with van der Waals surface area (Å²) in [5.41, 5.74) is -1.24. The maximum atomic E-state index is 12.6. The number of thiol groups is 1. The SMILES string of the molecule is CC(C)(C)OC(=O)N1C(=O)C(O)CCCC12CCN(S)CC2. The molecule has 2 heterocycles. The lowest BCUT2D eigenvalue weighted by molar-refractivity contribution is -0.145. The summed E-state index contributed by atoms with van der Waals surface area (Å²) in [6.45, 7) is 6.71. The molecule has 2 amide bonds. The molecule has 0 bridgehead atoms. The first kappa shape index (κ1) is 17.6. The summed E-state index contributed by atoms with van der Waals surface area (Å²) in [4.78, 5) is 26.4. The van der Waals surface area contributed by atoms with Crippen molar-refractivity contribution in [3.63, 3.8) is 0 Å². The van der Waals surface area contributed by atoms with Crippen LogP contribution in [0.15, 0.2) is 0 Å². The van der Waals surface area contributed by atoms with E-state index in [1.807, 2.05) is 4.31 Å². The van der Waals surface area contributed by atoms with Crippen molar-refractivity contribution in [2.75, 3.05) is 13.1 Å². The molecule has 7 heteroatoms. The molecule has 0 radical (unpaired) electrons. The Kier molecular flexibility index (Phi) is 5.09. The fraction of sp³-hybridized carbons (Fsp3) is 0.867. The van der Waals surface area contributed by atoms with E-state index in [0.717, 1.165) is 6.42 Å². The Balaban J connectivity index is 2.31. The molecule has 6 nitrogen and oxygen atoms in total. The second-order valence-corrected chi connectivity index (χ2v) is 7.81. The predicted molar refractivity (Wildman–Crippen MR) is 85.5 cm³/mol. The number of piperidine rings is 1. The molecule has 126 valence electrons. The predicted octanol–water partition coefficient (Wildman–Crippen LogP) is 1.97. The van der Waals surface area contributed by atoms with Crippen LogP contribution >= 0.6 is 12.8 Å². The Hall–Kier alpha value is -0.790. The molecule has 0 aliphatic carbocycles. The maximum Gasteiger partial charge on any atom is 0.417 e. The zero-order chi connectivity index (χ0) is 16.5. The highest BCUT2D eigenvalue weighted by Gasteiger charge is 2.49. The number of aliphatic hydroxyl groups is 1. The number of carbonyl (C=O) groups excluding carboxylic acids is 2. The third-order valence-electron chi connectivity index (χ3n) is 4.35. The Morgan fingerprint density at radius 1 is 1.32 bits per heavy atom. The molecule has 2 saturated heterocycles. The normalized spacial score (nSPS) is 26.9. The van der Waals surface area contributed by atoms with E-state index in [0.29, 0.717) is 38.8 Å². The van der Waals surface area contributed by atoms with E-state index < -0.39 is 29.2 Å². The molecule has 0 aromatic carbocycles. The lowest BCUT2D eigenvalue weighted by atomic mass is 9.83. The van der Waals surface area contributed by atoms with Gasteiger partial charge in [0.15, 0.2) is 0 Å². The van der Waals surface area contributed by atoms with Crippen molar-refractivity contribution in [1.29, 1.82) is 0 Å². The molecule has 1 unspecified atom stereocenters. The van der Waals surface area contributed by atoms with Crippen molar-refractivity contribution < 1.29 is 19.4 Å². The standard InChI is InChI=1S/C15H26N2O4S/c1-14(2,3)21-13(20)17-12(19)11(18)5-4-6-15(17)7-9-16(22)10-8-15/h11,18,22H,4-10H2,1-3H3. The highest BCUT2D eigenvalue weighted by Crippen LogP contribution is 2.38. The van der Waals surface area contributed by atoms with Gasteiger partial charge >= 0.3 is 6.09 Å². The minimum absolute atomic E-state index is 0.393. The van der Waals surface area contributed by atoms with Gasteiger partial charge in [0.25, 0.3) is 5.91 Å². The fourth-order valence-corrected chi connectivity index (χ4v) is 3.42. The van der Waals surface area contributed by atoms with Gasteiger partial charge in [-0.1, -0.05) is 12.8 Å². The third-order valence-corrected chi connectivity index (χ3v) is 4.75. The number of hydrogen-bond acceptors (Lipinski definition) is 6. The van der Waals surface area contributed by atoms with Crippen molar-refractivity contribution in [3.8, 4) is 0 Å². The average Bonchev–Trinajstić information content (AvgIpc) is 2.50. The smallest absolute Gasteiger partial charge is 0.417 e. The molecule has 2 fully saturated rings. The zero-order valence-electron chi connectivity index (χ0n) is 13.5. The van der Waals surface area contributed by atoms with Crippen LogP contribution < -0.4 is 0 Å². The van der Waals surface area contributed by atoms with Gasteiger partial charge < -0.3 is 9.84 Å². The molecule has 0 saturated carbocycles. The number of hydrogen-bond donors (Lipinski definition) is 2. The summed E-state index contributed by atoms with van der Waals surface area (Å²) < 4.78 is 7.32. The number of nitrogens with zero attached hydrogens (tertiary/aromatic N) is 2. The molecular weight excluding hydrogens is 304 g/mol. The van der Waals surface area contributed by atoms with Crippen LogP contribution in [0.3, 0.4) is 0 Å². The highest BCUT2D eigenvalue weighted by atomic mass is 32.1. The molecule has 22 heavy (non-hydrogen) atoms. The number of amides is 2. The van der Waals surface area contributed by atoms with Gasteiger partial charge in [0.2, 0.25) is 0 Å². The van der Waals surface area contributed by atoms with Crippen molar-refractivity contribution in [2.24, 2.45) is 0 Å². The summed E-state index contributed by atoms with van der Waals surface area (Å²) in [5.74, 6) is -0.528. The molecule has 2 rings (SSSR count). The molecule has 1 atom stereocenters. The van der Waals surface area contributed by atoms with Gasteiger partial charge in [-0.05, 0) is 52.9 Å². The Morgan fingerprint density at radius 3 is 2.45 bits per heavy atom. The van der Waals surface area contributed by atoms with Crippen LogP contribution in [0.2, 0.25) is 0 Å². The van der Waals surface area contributed by atoms with Gasteiger partial charge in [-0.15, -0.1) is 0 Å². The summed E-state index contributed by atoms with van der Waals surface area (Å²) in [6.07, 6.45) is 1.37. The number of carbonyl (C=O) groups is 2. The van der Waals surface area contributed by atoms with Crippen LogP contribution in [0.5, 0.6) is 0 Å². The first-order valence-corrected chi connectivity index (χ1v) is 8.24. The topological polar surface area (TPSA) is 70.1 Å². The second-order valence-electron chi connectivity index (χ2n) is 7.24. The Bertz CT molecular complexity index is 436. The van der Waals surface area contributed by atoms with E-state index in [2.05, 4.69) is 12.8 Å². The minimum atomic E-state index is -1.12. The minimum Gasteiger partial charge on any atom is -0.443 e. The summed E-state index contributed by atoms with van der Waals surface area (Å²) >= 11 is 4.35.